The fourth-order valence-electron chi connectivity index (χ4n) is 1.69. The van der Waals surface area contributed by atoms with Crippen molar-refractivity contribution in [2.75, 3.05) is 6.54 Å². The average Bonchev–Trinajstić information content (AvgIpc) is 2.83. The third-order valence-electron chi connectivity index (χ3n) is 2.44. The molecule has 0 aromatic carbocycles. The second kappa shape index (κ2) is 2.77. The van der Waals surface area contributed by atoms with Crippen LogP contribution in [0.25, 0.3) is 0 Å². The summed E-state index contributed by atoms with van der Waals surface area (Å²) in [5, 5.41) is 0. The van der Waals surface area contributed by atoms with E-state index in [1.807, 2.05) is 0 Å². The number of rotatable bonds is 2. The van der Waals surface area contributed by atoms with Crippen LogP contribution in [0.2, 0.25) is 0 Å². The fourth-order valence-corrected chi connectivity index (χ4v) is 1.69. The van der Waals surface area contributed by atoms with E-state index in [1.54, 1.807) is 4.90 Å². The lowest BCUT2D eigenvalue weighted by atomic mass is 10.1. The van der Waals surface area contributed by atoms with E-state index in [1.165, 1.54) is 0 Å². The van der Waals surface area contributed by atoms with Crippen molar-refractivity contribution < 1.29 is 4.79 Å². The molecule has 2 aliphatic rings. The van der Waals surface area contributed by atoms with E-state index in [4.69, 9.17) is 12.2 Å². The molecule has 0 aromatic heterocycles. The third-order valence-corrected chi connectivity index (χ3v) is 2.44. The van der Waals surface area contributed by atoms with Crippen molar-refractivity contribution in [3.8, 4) is 12.3 Å². The number of amidine groups is 1. The van der Waals surface area contributed by atoms with Crippen LogP contribution in [0, 0.1) is 18.3 Å². The molecule has 0 saturated heterocycles. The largest absolute Gasteiger partial charge is 0.385 e. The standard InChI is InChI=1S/C9H11N3O/c1-2-5-12-7(6-3-4-6)8(10)11-9(12)13/h1,6-7H,3-5H2,(H2,10,11,13). The Balaban J connectivity index is 2.17. The highest BCUT2D eigenvalue weighted by molar-refractivity contribution is 6.03. The number of aliphatic imine (C=N–C) groups is 1. The molecule has 4 nitrogen and oxygen atoms in total. The summed E-state index contributed by atoms with van der Waals surface area (Å²) >= 11 is 0. The summed E-state index contributed by atoms with van der Waals surface area (Å²) in [6.45, 7) is 0.310. The molecular formula is C9H11N3O. The summed E-state index contributed by atoms with van der Waals surface area (Å²) in [6.07, 6.45) is 7.40. The van der Waals surface area contributed by atoms with Gasteiger partial charge in [0, 0.05) is 0 Å². The number of hydrogen-bond acceptors (Lipinski definition) is 2. The number of hydrogen-bond donors (Lipinski definition) is 1. The van der Waals surface area contributed by atoms with E-state index < -0.39 is 0 Å². The van der Waals surface area contributed by atoms with E-state index in [2.05, 4.69) is 10.9 Å². The van der Waals surface area contributed by atoms with Gasteiger partial charge < -0.3 is 10.6 Å². The first-order valence-corrected chi connectivity index (χ1v) is 4.32. The Morgan fingerprint density at radius 2 is 2.38 bits per heavy atom. The number of terminal acetylenes is 1. The molecule has 1 atom stereocenters. The summed E-state index contributed by atoms with van der Waals surface area (Å²) < 4.78 is 0. The highest BCUT2D eigenvalue weighted by Crippen LogP contribution is 2.37. The molecule has 13 heavy (non-hydrogen) atoms. The van der Waals surface area contributed by atoms with Crippen molar-refractivity contribution in [1.82, 2.24) is 4.90 Å². The van der Waals surface area contributed by atoms with Gasteiger partial charge in [0.15, 0.2) is 0 Å². The molecule has 1 saturated carbocycles. The lowest BCUT2D eigenvalue weighted by molar-refractivity contribution is 0.209. The minimum atomic E-state index is -0.285. The highest BCUT2D eigenvalue weighted by atomic mass is 16.2. The number of nitrogens with two attached hydrogens (primary N) is 1. The third kappa shape index (κ3) is 1.26. The summed E-state index contributed by atoms with van der Waals surface area (Å²) in [7, 11) is 0. The first kappa shape index (κ1) is 8.11. The van der Waals surface area contributed by atoms with Gasteiger partial charge in [0.05, 0.1) is 12.6 Å². The molecule has 1 aliphatic carbocycles. The van der Waals surface area contributed by atoms with Crippen LogP contribution < -0.4 is 5.73 Å². The normalized spacial score (nSPS) is 27.3. The zero-order valence-corrected chi connectivity index (χ0v) is 7.23. The van der Waals surface area contributed by atoms with Crippen molar-refractivity contribution in [2.45, 2.75) is 18.9 Å². The first-order valence-electron chi connectivity index (χ1n) is 4.32. The molecular weight excluding hydrogens is 166 g/mol. The van der Waals surface area contributed by atoms with E-state index in [9.17, 15) is 4.79 Å². The van der Waals surface area contributed by atoms with Crippen LogP contribution in [0.5, 0.6) is 0 Å². The quantitative estimate of drug-likeness (QED) is 0.612. The van der Waals surface area contributed by atoms with Gasteiger partial charge in [-0.2, -0.15) is 4.99 Å². The molecule has 0 aromatic rings. The SMILES string of the molecule is C#CCN1C(=O)N=C(N)C1C1CC1. The lowest BCUT2D eigenvalue weighted by Gasteiger charge is -2.21. The first-order chi connectivity index (χ1) is 6.24. The molecule has 1 heterocycles. The molecule has 2 N–H and O–H groups in total. The summed E-state index contributed by atoms with van der Waals surface area (Å²) in [6, 6.07) is -0.309. The fraction of sp³-hybridized carbons (Fsp3) is 0.556. The van der Waals surface area contributed by atoms with Gasteiger partial charge in [-0.05, 0) is 18.8 Å². The van der Waals surface area contributed by atoms with Crippen LogP contribution in [0.15, 0.2) is 4.99 Å². The van der Waals surface area contributed by atoms with Crippen molar-refractivity contribution in [2.24, 2.45) is 16.6 Å². The van der Waals surface area contributed by atoms with E-state index >= 15 is 0 Å². The summed E-state index contributed by atoms with van der Waals surface area (Å²) in [4.78, 5) is 16.6. The maximum Gasteiger partial charge on any atom is 0.346 e. The second-order valence-corrected chi connectivity index (χ2v) is 3.43. The summed E-state index contributed by atoms with van der Waals surface area (Å²) in [5.41, 5.74) is 5.65. The van der Waals surface area contributed by atoms with Crippen LogP contribution in [-0.2, 0) is 0 Å². The van der Waals surface area contributed by atoms with Gasteiger partial charge >= 0.3 is 6.03 Å². The van der Waals surface area contributed by atoms with Gasteiger partial charge in [-0.1, -0.05) is 5.92 Å². The smallest absolute Gasteiger partial charge is 0.346 e. The number of urea groups is 1. The Labute approximate surface area is 76.8 Å². The number of nitrogens with zero attached hydrogens (tertiary/aromatic N) is 2. The Morgan fingerprint density at radius 3 is 2.92 bits per heavy atom. The predicted octanol–water partition coefficient (Wildman–Crippen LogP) is 0.191. The molecule has 2 rings (SSSR count). The van der Waals surface area contributed by atoms with Gasteiger partial charge in [0.2, 0.25) is 0 Å². The highest BCUT2D eigenvalue weighted by Gasteiger charge is 2.43. The lowest BCUT2D eigenvalue weighted by Crippen LogP contribution is -2.42. The van der Waals surface area contributed by atoms with Crippen LogP contribution >= 0.6 is 0 Å². The van der Waals surface area contributed by atoms with Crippen LogP contribution in [-0.4, -0.2) is 29.4 Å². The summed E-state index contributed by atoms with van der Waals surface area (Å²) in [5.74, 6) is 3.37. The Bertz CT molecular complexity index is 311. The van der Waals surface area contributed by atoms with Crippen LogP contribution in [0.4, 0.5) is 4.79 Å². The van der Waals surface area contributed by atoms with Gasteiger partial charge in [0.1, 0.15) is 5.84 Å². The van der Waals surface area contributed by atoms with Crippen molar-refractivity contribution >= 4 is 11.9 Å². The Morgan fingerprint density at radius 1 is 1.69 bits per heavy atom. The van der Waals surface area contributed by atoms with Gasteiger partial charge in [0.25, 0.3) is 0 Å². The van der Waals surface area contributed by atoms with Crippen LogP contribution in [0.3, 0.4) is 0 Å². The van der Waals surface area contributed by atoms with E-state index in [0.29, 0.717) is 18.3 Å². The topological polar surface area (TPSA) is 58.7 Å². The van der Waals surface area contributed by atoms with E-state index in [-0.39, 0.29) is 12.1 Å². The zero-order valence-electron chi connectivity index (χ0n) is 7.23. The maximum atomic E-state index is 11.3. The van der Waals surface area contributed by atoms with Crippen molar-refractivity contribution in [1.29, 1.82) is 0 Å². The molecule has 0 spiro atoms. The van der Waals surface area contributed by atoms with Crippen LogP contribution in [0.1, 0.15) is 12.8 Å². The average molecular weight is 177 g/mol. The number of carbonyl (C=O) groups excluding carboxylic acids is 1. The van der Waals surface area contributed by atoms with Crippen molar-refractivity contribution in [3.05, 3.63) is 0 Å². The maximum absolute atomic E-state index is 11.3. The van der Waals surface area contributed by atoms with Gasteiger partial charge in [-0.3, -0.25) is 0 Å². The molecule has 4 heteroatoms. The molecule has 1 aliphatic heterocycles. The minimum Gasteiger partial charge on any atom is -0.385 e. The molecule has 0 radical (unpaired) electrons. The molecule has 0 bridgehead atoms. The predicted molar refractivity (Wildman–Crippen MR) is 49.1 cm³/mol. The Kier molecular flexibility index (Phi) is 1.73. The monoisotopic (exact) mass is 177 g/mol. The minimum absolute atomic E-state index is 0.0245. The second-order valence-electron chi connectivity index (χ2n) is 3.43. The van der Waals surface area contributed by atoms with E-state index in [0.717, 1.165) is 12.8 Å². The van der Waals surface area contributed by atoms with Gasteiger partial charge in [-0.25, -0.2) is 4.79 Å². The molecule has 68 valence electrons. The molecule has 1 unspecified atom stereocenters. The number of carbonyl (C=O) groups is 1. The molecule has 2 amide bonds. The molecule has 1 fully saturated rings. The van der Waals surface area contributed by atoms with Crippen molar-refractivity contribution in [3.63, 3.8) is 0 Å². The zero-order chi connectivity index (χ0) is 9.42. The Hall–Kier alpha value is -1.50. The number of amides is 2. The van der Waals surface area contributed by atoms with Gasteiger partial charge in [-0.15, -0.1) is 6.42 Å².